The fraction of sp³-hybridized carbons (Fsp3) is 0.304. The number of hydrogen-bond donors (Lipinski definition) is 2. The summed E-state index contributed by atoms with van der Waals surface area (Å²) in [6.07, 6.45) is 0. The molecule has 6 nitrogen and oxygen atoms in total. The molecule has 0 amide bonds. The Kier molecular flexibility index (Phi) is 4.66. The number of piperazine rings is 1. The van der Waals surface area contributed by atoms with E-state index < -0.39 is 0 Å². The predicted octanol–water partition coefficient (Wildman–Crippen LogP) is 3.17. The van der Waals surface area contributed by atoms with Gasteiger partial charge in [-0.2, -0.15) is 0 Å². The van der Waals surface area contributed by atoms with Gasteiger partial charge >= 0.3 is 0 Å². The second-order valence-corrected chi connectivity index (χ2v) is 7.61. The average molecular weight is 387 g/mol. The summed E-state index contributed by atoms with van der Waals surface area (Å²) >= 11 is 0. The number of pyridine rings is 1. The zero-order valence-corrected chi connectivity index (χ0v) is 16.6. The molecule has 29 heavy (non-hydrogen) atoms. The molecular weight excluding hydrogens is 362 g/mol. The molecule has 0 aliphatic carbocycles. The van der Waals surface area contributed by atoms with E-state index >= 15 is 0 Å². The zero-order chi connectivity index (χ0) is 19.8. The Bertz CT molecular complexity index is 1180. The first-order chi connectivity index (χ1) is 14.2. The summed E-state index contributed by atoms with van der Waals surface area (Å²) in [5.74, 6) is 1.05. The number of aryl methyl sites for hydroxylation is 1. The lowest BCUT2D eigenvalue weighted by Gasteiger charge is -2.27. The van der Waals surface area contributed by atoms with E-state index in [1.165, 1.54) is 0 Å². The molecule has 2 aromatic carbocycles. The van der Waals surface area contributed by atoms with Crippen LogP contribution in [0, 0.1) is 6.92 Å². The molecule has 5 rings (SSSR count). The highest BCUT2D eigenvalue weighted by Crippen LogP contribution is 2.34. The molecule has 1 saturated heterocycles. The number of aromatic hydroxyl groups is 1. The summed E-state index contributed by atoms with van der Waals surface area (Å²) < 4.78 is 2.27. The number of nitrogens with zero attached hydrogens (tertiary/aromatic N) is 4. The molecule has 0 bridgehead atoms. The Morgan fingerprint density at radius 3 is 2.55 bits per heavy atom. The minimum atomic E-state index is 0.251. The minimum Gasteiger partial charge on any atom is -0.507 e. The fourth-order valence-electron chi connectivity index (χ4n) is 4.25. The molecule has 2 N–H and O–H groups in total. The Hall–Kier alpha value is -2.96. The molecule has 0 unspecified atom stereocenters. The van der Waals surface area contributed by atoms with Crippen molar-refractivity contribution in [3.63, 3.8) is 0 Å². The lowest BCUT2D eigenvalue weighted by Crippen LogP contribution is -2.44. The smallest absolute Gasteiger partial charge is 0.145 e. The molecule has 0 saturated carbocycles. The summed E-state index contributed by atoms with van der Waals surface area (Å²) in [5, 5.41) is 15.0. The van der Waals surface area contributed by atoms with Crippen LogP contribution in [0.2, 0.25) is 0 Å². The van der Waals surface area contributed by atoms with E-state index in [-0.39, 0.29) is 5.75 Å². The largest absolute Gasteiger partial charge is 0.507 e. The molecule has 3 heterocycles. The molecule has 0 atom stereocenters. The van der Waals surface area contributed by atoms with E-state index in [2.05, 4.69) is 26.9 Å². The van der Waals surface area contributed by atoms with Gasteiger partial charge in [-0.15, -0.1) is 0 Å². The number of imidazole rings is 1. The van der Waals surface area contributed by atoms with Crippen LogP contribution in [0.25, 0.3) is 33.3 Å². The maximum atomic E-state index is 10.5. The van der Waals surface area contributed by atoms with Crippen LogP contribution in [-0.2, 0) is 6.54 Å². The average Bonchev–Trinajstić information content (AvgIpc) is 3.14. The van der Waals surface area contributed by atoms with Crippen LogP contribution in [0.3, 0.4) is 0 Å². The lowest BCUT2D eigenvalue weighted by atomic mass is 10.1. The van der Waals surface area contributed by atoms with Crippen molar-refractivity contribution in [2.24, 2.45) is 0 Å². The van der Waals surface area contributed by atoms with E-state index in [4.69, 9.17) is 9.97 Å². The third kappa shape index (κ3) is 3.24. The molecule has 148 valence electrons. The van der Waals surface area contributed by atoms with Gasteiger partial charge in [0.25, 0.3) is 0 Å². The van der Waals surface area contributed by atoms with Crippen LogP contribution in [0.1, 0.15) is 5.69 Å². The minimum absolute atomic E-state index is 0.251. The highest BCUT2D eigenvalue weighted by atomic mass is 16.3. The summed E-state index contributed by atoms with van der Waals surface area (Å²) in [4.78, 5) is 12.2. The molecule has 1 aliphatic rings. The molecule has 2 aromatic heterocycles. The van der Waals surface area contributed by atoms with E-state index in [1.807, 2.05) is 37.3 Å². The molecular formula is C23H25N5O. The number of benzene rings is 2. The van der Waals surface area contributed by atoms with Crippen molar-refractivity contribution in [1.29, 1.82) is 0 Å². The second kappa shape index (κ2) is 7.46. The van der Waals surface area contributed by atoms with Crippen molar-refractivity contribution in [2.75, 3.05) is 32.7 Å². The lowest BCUT2D eigenvalue weighted by molar-refractivity contribution is 0.233. The van der Waals surface area contributed by atoms with E-state index in [0.717, 1.165) is 78.3 Å². The summed E-state index contributed by atoms with van der Waals surface area (Å²) in [6.45, 7) is 7.94. The highest BCUT2D eigenvalue weighted by molar-refractivity contribution is 6.04. The van der Waals surface area contributed by atoms with Crippen molar-refractivity contribution in [3.8, 4) is 17.1 Å². The van der Waals surface area contributed by atoms with Crippen LogP contribution in [-0.4, -0.2) is 57.3 Å². The Morgan fingerprint density at radius 1 is 0.966 bits per heavy atom. The normalized spacial score (nSPS) is 15.3. The second-order valence-electron chi connectivity index (χ2n) is 7.61. The van der Waals surface area contributed by atoms with Crippen LogP contribution in [0.4, 0.5) is 0 Å². The monoisotopic (exact) mass is 387 g/mol. The summed E-state index contributed by atoms with van der Waals surface area (Å²) in [5.41, 5.74) is 4.65. The van der Waals surface area contributed by atoms with E-state index in [1.54, 1.807) is 6.07 Å². The SMILES string of the molecule is Cc1nc2ccccc2c2c1nc(-c1ccccc1O)n2CCN1CCNCC1. The van der Waals surface area contributed by atoms with E-state index in [9.17, 15) is 5.11 Å². The highest BCUT2D eigenvalue weighted by Gasteiger charge is 2.20. The summed E-state index contributed by atoms with van der Waals surface area (Å²) in [6, 6.07) is 15.7. The number of rotatable bonds is 4. The maximum Gasteiger partial charge on any atom is 0.145 e. The number of aromatic nitrogens is 3. The predicted molar refractivity (Wildman–Crippen MR) is 116 cm³/mol. The van der Waals surface area contributed by atoms with E-state index in [0.29, 0.717) is 0 Å². The molecule has 0 radical (unpaired) electrons. The number of nitrogens with one attached hydrogen (secondary N) is 1. The number of fused-ring (bicyclic) bond motifs is 3. The van der Waals surface area contributed by atoms with Crippen molar-refractivity contribution in [1.82, 2.24) is 24.8 Å². The van der Waals surface area contributed by atoms with Crippen LogP contribution in [0.15, 0.2) is 48.5 Å². The zero-order valence-electron chi connectivity index (χ0n) is 16.6. The molecule has 4 aromatic rings. The standard InChI is InChI=1S/C23H25N5O/c1-16-21-22(17-6-2-4-8-19(17)25-16)28(15-14-27-12-10-24-11-13-27)23(26-21)18-7-3-5-9-20(18)29/h2-9,24,29H,10-15H2,1H3. The van der Waals surface area contributed by atoms with Gasteiger partial charge in [-0.3, -0.25) is 9.88 Å². The van der Waals surface area contributed by atoms with Gasteiger partial charge < -0.3 is 15.0 Å². The van der Waals surface area contributed by atoms with Gasteiger partial charge in [0.2, 0.25) is 0 Å². The Balaban J connectivity index is 1.71. The molecule has 1 fully saturated rings. The number of phenolic OH excluding ortho intramolecular Hbond substituents is 1. The quantitative estimate of drug-likeness (QED) is 0.563. The van der Waals surface area contributed by atoms with Gasteiger partial charge in [0.05, 0.1) is 22.3 Å². The maximum absolute atomic E-state index is 10.5. The van der Waals surface area contributed by atoms with Crippen LogP contribution >= 0.6 is 0 Å². The van der Waals surface area contributed by atoms with Crippen LogP contribution < -0.4 is 5.32 Å². The number of phenols is 1. The third-order valence-corrected chi connectivity index (χ3v) is 5.75. The topological polar surface area (TPSA) is 66.2 Å². The van der Waals surface area contributed by atoms with Gasteiger partial charge in [0.1, 0.15) is 17.1 Å². The number of para-hydroxylation sites is 2. The Labute approximate surface area is 169 Å². The van der Waals surface area contributed by atoms with Crippen LogP contribution in [0.5, 0.6) is 5.75 Å². The summed E-state index contributed by atoms with van der Waals surface area (Å²) in [7, 11) is 0. The van der Waals surface area contributed by atoms with Gasteiger partial charge in [-0.25, -0.2) is 4.98 Å². The van der Waals surface area contributed by atoms with Crippen molar-refractivity contribution in [2.45, 2.75) is 13.5 Å². The molecule has 6 heteroatoms. The Morgan fingerprint density at radius 2 is 1.72 bits per heavy atom. The first-order valence-electron chi connectivity index (χ1n) is 10.2. The van der Waals surface area contributed by atoms with Crippen molar-refractivity contribution in [3.05, 3.63) is 54.2 Å². The van der Waals surface area contributed by atoms with Crippen molar-refractivity contribution >= 4 is 21.9 Å². The van der Waals surface area contributed by atoms with Crippen molar-refractivity contribution < 1.29 is 5.11 Å². The first-order valence-corrected chi connectivity index (χ1v) is 10.2. The molecule has 0 spiro atoms. The first kappa shape index (κ1) is 18.1. The third-order valence-electron chi connectivity index (χ3n) is 5.75. The van der Waals surface area contributed by atoms with Gasteiger partial charge in [0, 0.05) is 44.7 Å². The number of hydrogen-bond acceptors (Lipinski definition) is 5. The molecule has 1 aliphatic heterocycles. The van der Waals surface area contributed by atoms with Gasteiger partial charge in [-0.05, 0) is 25.1 Å². The van der Waals surface area contributed by atoms with Gasteiger partial charge in [0.15, 0.2) is 0 Å². The van der Waals surface area contributed by atoms with Gasteiger partial charge in [-0.1, -0.05) is 30.3 Å². The fourth-order valence-corrected chi connectivity index (χ4v) is 4.25.